The van der Waals surface area contributed by atoms with Crippen molar-refractivity contribution >= 4 is 21.9 Å². The van der Waals surface area contributed by atoms with Gasteiger partial charge in [-0.15, -0.1) is 0 Å². The molecule has 0 bridgehead atoms. The summed E-state index contributed by atoms with van der Waals surface area (Å²) in [5.74, 6) is 1.20. The van der Waals surface area contributed by atoms with E-state index in [4.69, 9.17) is 18.6 Å². The molecule has 24 heavy (non-hydrogen) atoms. The van der Waals surface area contributed by atoms with Crippen LogP contribution in [-0.2, 0) is 6.61 Å². The molecule has 6 nitrogen and oxygen atoms in total. The normalized spacial score (nSPS) is 11.0. The van der Waals surface area contributed by atoms with E-state index >= 15 is 0 Å². The fourth-order valence-electron chi connectivity index (χ4n) is 3.05. The van der Waals surface area contributed by atoms with Crippen molar-refractivity contribution in [2.45, 2.75) is 13.5 Å². The van der Waals surface area contributed by atoms with Gasteiger partial charge in [0.1, 0.15) is 22.3 Å². The minimum atomic E-state index is -0.343. The van der Waals surface area contributed by atoms with Crippen LogP contribution in [-0.4, -0.2) is 26.4 Å². The number of aliphatic hydroxyl groups excluding tert-OH is 1. The van der Waals surface area contributed by atoms with Crippen LogP contribution in [0.2, 0.25) is 0 Å². The van der Waals surface area contributed by atoms with Crippen molar-refractivity contribution in [3.05, 3.63) is 39.5 Å². The molecule has 2 aromatic carbocycles. The van der Waals surface area contributed by atoms with Crippen LogP contribution in [0.3, 0.4) is 0 Å². The highest BCUT2D eigenvalue weighted by Gasteiger charge is 2.21. The van der Waals surface area contributed by atoms with Gasteiger partial charge in [0.2, 0.25) is 5.43 Å². The Morgan fingerprint density at radius 1 is 1.00 bits per heavy atom. The van der Waals surface area contributed by atoms with Gasteiger partial charge < -0.3 is 23.7 Å². The lowest BCUT2D eigenvalue weighted by molar-refractivity contribution is 0.275. The molecule has 3 aromatic rings. The molecule has 0 amide bonds. The molecule has 0 fully saturated rings. The predicted molar refractivity (Wildman–Crippen MR) is 90.3 cm³/mol. The van der Waals surface area contributed by atoms with Crippen LogP contribution in [0.15, 0.2) is 27.4 Å². The summed E-state index contributed by atoms with van der Waals surface area (Å²) in [6.45, 7) is 1.49. The Labute approximate surface area is 138 Å². The highest BCUT2D eigenvalue weighted by atomic mass is 16.5. The molecule has 0 spiro atoms. The highest BCUT2D eigenvalue weighted by Crippen LogP contribution is 2.37. The Morgan fingerprint density at radius 2 is 1.71 bits per heavy atom. The summed E-state index contributed by atoms with van der Waals surface area (Å²) in [7, 11) is 4.46. The number of aryl methyl sites for hydroxylation is 1. The minimum Gasteiger partial charge on any atom is -0.496 e. The maximum absolute atomic E-state index is 13.1. The van der Waals surface area contributed by atoms with E-state index in [2.05, 4.69) is 0 Å². The lowest BCUT2D eigenvalue weighted by atomic mass is 10.0. The van der Waals surface area contributed by atoms with Gasteiger partial charge in [-0.05, 0) is 30.7 Å². The number of aliphatic hydroxyl groups is 1. The first-order chi connectivity index (χ1) is 11.6. The van der Waals surface area contributed by atoms with E-state index in [1.54, 1.807) is 18.2 Å². The summed E-state index contributed by atoms with van der Waals surface area (Å²) in [5.41, 5.74) is 1.65. The van der Waals surface area contributed by atoms with Crippen LogP contribution in [0.5, 0.6) is 17.2 Å². The number of rotatable bonds is 4. The van der Waals surface area contributed by atoms with Gasteiger partial charge in [-0.3, -0.25) is 4.79 Å². The van der Waals surface area contributed by atoms with Crippen LogP contribution < -0.4 is 19.6 Å². The third kappa shape index (κ3) is 2.18. The minimum absolute atomic E-state index is 0.268. The molecule has 0 aliphatic rings. The van der Waals surface area contributed by atoms with E-state index in [-0.39, 0.29) is 22.8 Å². The fraction of sp³-hybridized carbons (Fsp3) is 0.278. The number of hydrogen-bond acceptors (Lipinski definition) is 6. The van der Waals surface area contributed by atoms with Gasteiger partial charge in [-0.2, -0.15) is 0 Å². The van der Waals surface area contributed by atoms with Gasteiger partial charge in [-0.1, -0.05) is 0 Å². The monoisotopic (exact) mass is 330 g/mol. The van der Waals surface area contributed by atoms with Gasteiger partial charge in [0.05, 0.1) is 33.3 Å². The molecular formula is C18H18O6. The Kier molecular flexibility index (Phi) is 4.07. The number of methoxy groups -OCH3 is 3. The van der Waals surface area contributed by atoms with Crippen molar-refractivity contribution in [1.82, 2.24) is 0 Å². The number of fused-ring (bicyclic) bond motifs is 2. The smallest absolute Gasteiger partial charge is 0.204 e. The fourth-order valence-corrected chi connectivity index (χ4v) is 3.05. The third-order valence-electron chi connectivity index (χ3n) is 4.07. The Morgan fingerprint density at radius 3 is 2.29 bits per heavy atom. The average molecular weight is 330 g/mol. The lowest BCUT2D eigenvalue weighted by Gasteiger charge is -2.14. The van der Waals surface area contributed by atoms with Crippen molar-refractivity contribution in [2.75, 3.05) is 21.3 Å². The maximum Gasteiger partial charge on any atom is 0.204 e. The molecule has 0 unspecified atom stereocenters. The third-order valence-corrected chi connectivity index (χ3v) is 4.07. The molecule has 3 rings (SSSR count). The Hall–Kier alpha value is -2.73. The van der Waals surface area contributed by atoms with Gasteiger partial charge in [-0.25, -0.2) is 0 Å². The summed E-state index contributed by atoms with van der Waals surface area (Å²) in [6.07, 6.45) is 0. The standard InChI is InChI=1S/C18H18O6/c1-9-7-13-14(10(8-19)17(9)22-3)16(20)15-11(24-13)5-6-12(21-2)18(15)23-4/h5-7,19H,8H2,1-4H3. The summed E-state index contributed by atoms with van der Waals surface area (Å²) < 4.78 is 21.8. The Balaban J connectivity index is 2.58. The van der Waals surface area contributed by atoms with Gasteiger partial charge in [0.25, 0.3) is 0 Å². The van der Waals surface area contributed by atoms with Crippen LogP contribution in [0, 0.1) is 6.92 Å². The zero-order chi connectivity index (χ0) is 17.4. The first-order valence-electron chi connectivity index (χ1n) is 7.36. The number of ether oxygens (including phenoxy) is 3. The van der Waals surface area contributed by atoms with E-state index in [9.17, 15) is 9.90 Å². The summed E-state index contributed by atoms with van der Waals surface area (Å²) in [6, 6.07) is 5.07. The SMILES string of the molecule is COc1ccc2oc3cc(C)c(OC)c(CO)c3c(=O)c2c1OC. The quantitative estimate of drug-likeness (QED) is 0.741. The molecular weight excluding hydrogens is 312 g/mol. The van der Waals surface area contributed by atoms with Crippen molar-refractivity contribution in [1.29, 1.82) is 0 Å². The number of benzene rings is 2. The predicted octanol–water partition coefficient (Wildman–Crippen LogP) is 2.77. The van der Waals surface area contributed by atoms with Gasteiger partial charge >= 0.3 is 0 Å². The van der Waals surface area contributed by atoms with Crippen LogP contribution in [0.25, 0.3) is 21.9 Å². The Bertz CT molecular complexity index is 987. The molecule has 1 aromatic heterocycles. The van der Waals surface area contributed by atoms with Gasteiger partial charge in [0.15, 0.2) is 11.5 Å². The molecule has 0 atom stereocenters. The van der Waals surface area contributed by atoms with Crippen molar-refractivity contribution in [3.63, 3.8) is 0 Å². The second-order valence-corrected chi connectivity index (χ2v) is 5.34. The molecule has 0 aliphatic carbocycles. The molecule has 0 aliphatic heterocycles. The van der Waals surface area contributed by atoms with Crippen LogP contribution in [0.1, 0.15) is 11.1 Å². The molecule has 0 radical (unpaired) electrons. The largest absolute Gasteiger partial charge is 0.496 e. The summed E-state index contributed by atoms with van der Waals surface area (Å²) >= 11 is 0. The topological polar surface area (TPSA) is 78.1 Å². The molecule has 1 heterocycles. The molecule has 0 saturated heterocycles. The van der Waals surface area contributed by atoms with E-state index in [1.807, 2.05) is 6.92 Å². The summed E-state index contributed by atoms with van der Waals surface area (Å²) in [4.78, 5) is 13.1. The van der Waals surface area contributed by atoms with Crippen LogP contribution >= 0.6 is 0 Å². The van der Waals surface area contributed by atoms with Crippen molar-refractivity contribution < 1.29 is 23.7 Å². The second kappa shape index (κ2) is 6.05. The summed E-state index contributed by atoms with van der Waals surface area (Å²) in [5, 5.41) is 10.3. The first kappa shape index (κ1) is 16.1. The maximum atomic E-state index is 13.1. The highest BCUT2D eigenvalue weighted by molar-refractivity contribution is 5.97. The van der Waals surface area contributed by atoms with Crippen LogP contribution in [0.4, 0.5) is 0 Å². The van der Waals surface area contributed by atoms with Crippen molar-refractivity contribution in [2.24, 2.45) is 0 Å². The zero-order valence-electron chi connectivity index (χ0n) is 13.9. The molecule has 0 saturated carbocycles. The van der Waals surface area contributed by atoms with E-state index < -0.39 is 0 Å². The van der Waals surface area contributed by atoms with E-state index in [0.717, 1.165) is 5.56 Å². The second-order valence-electron chi connectivity index (χ2n) is 5.34. The van der Waals surface area contributed by atoms with Gasteiger partial charge in [0, 0.05) is 5.56 Å². The number of hydrogen-bond donors (Lipinski definition) is 1. The van der Waals surface area contributed by atoms with Crippen molar-refractivity contribution in [3.8, 4) is 17.2 Å². The molecule has 6 heteroatoms. The molecule has 1 N–H and O–H groups in total. The average Bonchev–Trinajstić information content (AvgIpc) is 2.59. The first-order valence-corrected chi connectivity index (χ1v) is 7.36. The molecule has 126 valence electrons. The van der Waals surface area contributed by atoms with E-state index in [0.29, 0.717) is 34.0 Å². The zero-order valence-corrected chi connectivity index (χ0v) is 13.9. The lowest BCUT2D eigenvalue weighted by Crippen LogP contribution is -2.09. The van der Waals surface area contributed by atoms with E-state index in [1.165, 1.54) is 21.3 Å².